The van der Waals surface area contributed by atoms with Crippen LogP contribution in [0.5, 0.6) is 0 Å². The van der Waals surface area contributed by atoms with Crippen LogP contribution in [-0.2, 0) is 6.42 Å². The molecule has 4 nitrogen and oxygen atoms in total. The van der Waals surface area contributed by atoms with Crippen molar-refractivity contribution in [2.24, 2.45) is 5.41 Å². The SMILES string of the molecule is C=C/C=C(F)\C=C/C.CCN(CC)C(=O)c1ccc(C2CC3(CCNCC3)Cc3ccc(F)cc32)cn1. The van der Waals surface area contributed by atoms with Crippen LogP contribution in [-0.4, -0.2) is 42.0 Å². The number of fused-ring (bicyclic) bond motifs is 1. The van der Waals surface area contributed by atoms with Crippen LogP contribution in [0.1, 0.15) is 73.1 Å². The van der Waals surface area contributed by atoms with Crippen molar-refractivity contribution >= 4 is 5.91 Å². The number of halogens is 2. The number of piperidine rings is 1. The number of carbonyl (C=O) groups excluding carboxylic acids is 1. The average Bonchev–Trinajstić information content (AvgIpc) is 2.90. The standard InChI is InChI=1S/C24H30FN3O.C7H9F/c1-3-28(4-2)23(29)22-8-6-18(16-27-22)21-15-24(9-11-26-12-10-24)14-17-5-7-19(25)13-20(17)21;1-3-5-7(8)6-4-2/h5-8,13,16,21,26H,3-4,9-12,14-15H2,1-2H3;3-6H,1H2,2H3/b;6-4-,7-5+. The van der Waals surface area contributed by atoms with Gasteiger partial charge in [-0.1, -0.05) is 30.9 Å². The summed E-state index contributed by atoms with van der Waals surface area (Å²) in [5.41, 5.74) is 4.15. The van der Waals surface area contributed by atoms with Crippen molar-refractivity contribution in [1.82, 2.24) is 15.2 Å². The summed E-state index contributed by atoms with van der Waals surface area (Å²) in [6.45, 7) is 12.5. The Hall–Kier alpha value is -3.12. The number of amides is 1. The molecule has 4 rings (SSSR count). The van der Waals surface area contributed by atoms with Gasteiger partial charge in [-0.05, 0) is 112 Å². The molecular formula is C31H39F2N3O. The molecule has 0 saturated carbocycles. The van der Waals surface area contributed by atoms with E-state index < -0.39 is 0 Å². The zero-order valence-corrected chi connectivity index (χ0v) is 22.3. The van der Waals surface area contributed by atoms with Crippen LogP contribution in [0, 0.1) is 11.2 Å². The highest BCUT2D eigenvalue weighted by Crippen LogP contribution is 2.49. The Morgan fingerprint density at radius 2 is 1.95 bits per heavy atom. The first-order chi connectivity index (χ1) is 17.9. The lowest BCUT2D eigenvalue weighted by molar-refractivity contribution is 0.0767. The summed E-state index contributed by atoms with van der Waals surface area (Å²) >= 11 is 0. The van der Waals surface area contributed by atoms with Gasteiger partial charge in [-0.3, -0.25) is 9.78 Å². The topological polar surface area (TPSA) is 45.2 Å². The Balaban J connectivity index is 0.000000414. The van der Waals surface area contributed by atoms with E-state index in [1.165, 1.54) is 23.8 Å². The maximum Gasteiger partial charge on any atom is 0.272 e. The van der Waals surface area contributed by atoms with Crippen LogP contribution in [0.25, 0.3) is 0 Å². The first kappa shape index (κ1) is 28.5. The van der Waals surface area contributed by atoms with Crippen LogP contribution in [0.4, 0.5) is 8.78 Å². The van der Waals surface area contributed by atoms with Gasteiger partial charge in [0.15, 0.2) is 0 Å². The van der Waals surface area contributed by atoms with Crippen molar-refractivity contribution < 1.29 is 13.6 Å². The summed E-state index contributed by atoms with van der Waals surface area (Å²) in [6.07, 6.45) is 11.9. The lowest BCUT2D eigenvalue weighted by atomic mass is 9.62. The molecule has 2 heterocycles. The second-order valence-corrected chi connectivity index (χ2v) is 9.77. The number of rotatable bonds is 6. The number of nitrogens with zero attached hydrogens (tertiary/aromatic N) is 2. The van der Waals surface area contributed by atoms with Gasteiger partial charge in [-0.2, -0.15) is 0 Å². The van der Waals surface area contributed by atoms with Crippen LogP contribution >= 0.6 is 0 Å². The van der Waals surface area contributed by atoms with E-state index in [1.807, 2.05) is 38.2 Å². The molecule has 1 aromatic heterocycles. The molecule has 1 unspecified atom stereocenters. The third kappa shape index (κ3) is 7.22. The highest BCUT2D eigenvalue weighted by molar-refractivity contribution is 5.92. The minimum Gasteiger partial charge on any atom is -0.338 e. The van der Waals surface area contributed by atoms with Gasteiger partial charge in [-0.15, -0.1) is 0 Å². The van der Waals surface area contributed by atoms with E-state index in [2.05, 4.69) is 16.9 Å². The van der Waals surface area contributed by atoms with Crippen molar-refractivity contribution in [3.8, 4) is 0 Å². The molecular weight excluding hydrogens is 468 g/mol. The molecule has 1 saturated heterocycles. The Labute approximate surface area is 220 Å². The van der Waals surface area contributed by atoms with E-state index in [0.29, 0.717) is 18.8 Å². The molecule has 1 aliphatic heterocycles. The predicted octanol–water partition coefficient (Wildman–Crippen LogP) is 6.75. The van der Waals surface area contributed by atoms with Gasteiger partial charge in [0.25, 0.3) is 5.91 Å². The zero-order valence-electron chi connectivity index (χ0n) is 22.3. The highest BCUT2D eigenvalue weighted by atomic mass is 19.1. The molecule has 1 aromatic carbocycles. The van der Waals surface area contributed by atoms with E-state index in [0.717, 1.165) is 49.9 Å². The van der Waals surface area contributed by atoms with Gasteiger partial charge in [0.2, 0.25) is 0 Å². The Bertz CT molecular complexity index is 1110. The van der Waals surface area contributed by atoms with Crippen LogP contribution in [0.15, 0.2) is 73.2 Å². The van der Waals surface area contributed by atoms with Crippen molar-refractivity contribution in [3.05, 3.63) is 101 Å². The normalized spacial score (nSPS) is 18.6. The van der Waals surface area contributed by atoms with Gasteiger partial charge in [0, 0.05) is 25.2 Å². The van der Waals surface area contributed by atoms with E-state index >= 15 is 0 Å². The van der Waals surface area contributed by atoms with Crippen molar-refractivity contribution in [2.45, 2.75) is 52.4 Å². The second kappa shape index (κ2) is 13.4. The molecule has 1 spiro atoms. The smallest absolute Gasteiger partial charge is 0.272 e. The molecule has 6 heteroatoms. The summed E-state index contributed by atoms with van der Waals surface area (Å²) in [7, 11) is 0. The van der Waals surface area contributed by atoms with Crippen LogP contribution in [0.3, 0.4) is 0 Å². The maximum atomic E-state index is 14.1. The summed E-state index contributed by atoms with van der Waals surface area (Å²) in [5.74, 6) is -0.358. The molecule has 1 aliphatic carbocycles. The monoisotopic (exact) mass is 507 g/mol. The fourth-order valence-electron chi connectivity index (χ4n) is 5.44. The molecule has 2 aromatic rings. The number of carbonyl (C=O) groups is 1. The van der Waals surface area contributed by atoms with Gasteiger partial charge in [-0.25, -0.2) is 8.78 Å². The lowest BCUT2D eigenvalue weighted by Gasteiger charge is -2.45. The lowest BCUT2D eigenvalue weighted by Crippen LogP contribution is -2.41. The van der Waals surface area contributed by atoms with Crippen LogP contribution in [0.2, 0.25) is 0 Å². The molecule has 1 atom stereocenters. The summed E-state index contributed by atoms with van der Waals surface area (Å²) in [6, 6.07) is 9.09. The van der Waals surface area contributed by atoms with Crippen LogP contribution < -0.4 is 5.32 Å². The van der Waals surface area contributed by atoms with Crippen molar-refractivity contribution in [2.75, 3.05) is 26.2 Å². The number of hydrogen-bond donors (Lipinski definition) is 1. The first-order valence-electron chi connectivity index (χ1n) is 13.2. The highest BCUT2D eigenvalue weighted by Gasteiger charge is 2.40. The Morgan fingerprint density at radius 1 is 1.22 bits per heavy atom. The summed E-state index contributed by atoms with van der Waals surface area (Å²) in [4.78, 5) is 18.9. The third-order valence-electron chi connectivity index (χ3n) is 7.41. The molecule has 1 amide bonds. The number of nitrogens with one attached hydrogen (secondary N) is 1. The number of allylic oxidation sites excluding steroid dienone is 5. The largest absolute Gasteiger partial charge is 0.338 e. The Morgan fingerprint density at radius 3 is 2.54 bits per heavy atom. The molecule has 1 N–H and O–H groups in total. The summed E-state index contributed by atoms with van der Waals surface area (Å²) < 4.78 is 26.2. The molecule has 1 fully saturated rings. The molecule has 37 heavy (non-hydrogen) atoms. The van der Waals surface area contributed by atoms with E-state index in [1.54, 1.807) is 30.0 Å². The predicted molar refractivity (Wildman–Crippen MR) is 147 cm³/mol. The quantitative estimate of drug-likeness (QED) is 0.440. The summed E-state index contributed by atoms with van der Waals surface area (Å²) in [5, 5.41) is 3.47. The third-order valence-corrected chi connectivity index (χ3v) is 7.41. The van der Waals surface area contributed by atoms with Crippen molar-refractivity contribution in [1.29, 1.82) is 0 Å². The number of pyridine rings is 1. The van der Waals surface area contributed by atoms with Crippen molar-refractivity contribution in [3.63, 3.8) is 0 Å². The minimum absolute atomic E-state index is 0.0357. The number of hydrogen-bond acceptors (Lipinski definition) is 3. The zero-order chi connectivity index (χ0) is 26.8. The van der Waals surface area contributed by atoms with E-state index in [4.69, 9.17) is 0 Å². The average molecular weight is 508 g/mol. The van der Waals surface area contributed by atoms with Gasteiger partial charge in [0.1, 0.15) is 17.3 Å². The van der Waals surface area contributed by atoms with Gasteiger partial charge >= 0.3 is 0 Å². The molecule has 198 valence electrons. The van der Waals surface area contributed by atoms with E-state index in [9.17, 15) is 13.6 Å². The van der Waals surface area contributed by atoms with Gasteiger partial charge < -0.3 is 10.2 Å². The Kier molecular flexibility index (Phi) is 10.3. The first-order valence-corrected chi connectivity index (χ1v) is 13.2. The number of aromatic nitrogens is 1. The second-order valence-electron chi connectivity index (χ2n) is 9.77. The van der Waals surface area contributed by atoms with E-state index in [-0.39, 0.29) is 28.9 Å². The minimum atomic E-state index is -0.262. The fourth-order valence-corrected chi connectivity index (χ4v) is 5.44. The molecule has 0 radical (unpaired) electrons. The van der Waals surface area contributed by atoms with Gasteiger partial charge in [0.05, 0.1) is 0 Å². The molecule has 2 aliphatic rings. The number of benzene rings is 1. The molecule has 0 bridgehead atoms. The fraction of sp³-hybridized carbons (Fsp3) is 0.419. The maximum absolute atomic E-state index is 14.1.